The first kappa shape index (κ1) is 68.2. The SMILES string of the molecule is CCCCOc1c2c(c(OCCCC)c3ccccc13)-c1nc-2nc2[nH]c(nc3nc(nc4c5c(OCCCC)c6ccccc6c(OCCCC)c5c(n1)n4C)-c1c-3c(OCCCC)c3cc4ccccc4cc3c1OCCCC)c1c(OCCCC)c3ccccc3c(OCCCC)c21. The van der Waals surface area contributed by atoms with Crippen LogP contribution in [0.5, 0.6) is 46.0 Å². The van der Waals surface area contributed by atoms with Gasteiger partial charge in [-0.1, -0.05) is 204 Å². The molecular formula is C85H94N8O8. The van der Waals surface area contributed by atoms with Gasteiger partial charge < -0.3 is 47.4 Å². The molecule has 0 fully saturated rings. The third kappa shape index (κ3) is 12.7. The van der Waals surface area contributed by atoms with Crippen molar-refractivity contribution in [3.63, 3.8) is 0 Å². The molecule has 0 unspecified atom stereocenters. The van der Waals surface area contributed by atoms with Crippen LogP contribution >= 0.6 is 0 Å². The molecule has 0 saturated heterocycles. The van der Waals surface area contributed by atoms with Crippen LogP contribution in [0, 0.1) is 0 Å². The first-order valence-corrected chi connectivity index (χ1v) is 37.4. The third-order valence-electron chi connectivity index (χ3n) is 19.4. The first-order chi connectivity index (χ1) is 49.8. The van der Waals surface area contributed by atoms with Gasteiger partial charge in [0.15, 0.2) is 23.3 Å². The molecule has 16 nitrogen and oxygen atoms in total. The molecule has 5 heterocycles. The summed E-state index contributed by atoms with van der Waals surface area (Å²) in [4.78, 5) is 39.3. The van der Waals surface area contributed by atoms with E-state index in [1.54, 1.807) is 0 Å². The highest BCUT2D eigenvalue weighted by atomic mass is 16.5. The van der Waals surface area contributed by atoms with Gasteiger partial charge in [-0.25, -0.2) is 29.9 Å². The summed E-state index contributed by atoms with van der Waals surface area (Å²) in [6.45, 7) is 21.0. The van der Waals surface area contributed by atoms with E-state index < -0.39 is 0 Å². The standard InChI is InChI=1S/C85H94N8O8/c1-10-18-42-94-70-54-36-28-29-37-55(54)71(95-43-19-11-2)63-62(70)78-86-79(63)88-81-66-67(77(101-49-25-17-8)61-51-53-35-27-26-34-52(53)50-60(61)76(66)100-48-24-16-7)83(90-81)92-85-69-68(74(98-46-22-14-5)58-40-32-33-41-59(58)75(69)99-47-23-15-6)84(93(85)9)91-82-65-64(80(87-78)89-82)72(96-44-20-12-3)56-38-30-31-39-57(56)73(65)97-45-21-13-4/h26-41,50-51H,10-25,42-49H2,1-9H3,(H,86,87,88,89,90,91,92). The van der Waals surface area contributed by atoms with Gasteiger partial charge >= 0.3 is 0 Å². The monoisotopic (exact) mass is 1350 g/mol. The van der Waals surface area contributed by atoms with Crippen molar-refractivity contribution in [1.29, 1.82) is 0 Å². The molecule has 8 bridgehead atoms. The fourth-order valence-electron chi connectivity index (χ4n) is 14.0. The average molecular weight is 1360 g/mol. The molecule has 0 amide bonds. The zero-order valence-corrected chi connectivity index (χ0v) is 60.3. The largest absolute Gasteiger partial charge is 0.492 e. The van der Waals surface area contributed by atoms with Crippen LogP contribution in [0.4, 0.5) is 0 Å². The van der Waals surface area contributed by atoms with E-state index in [0.29, 0.717) is 189 Å². The molecule has 0 spiro atoms. The Bertz CT molecular complexity index is 5260. The van der Waals surface area contributed by atoms with Crippen LogP contribution in [0.3, 0.4) is 0 Å². The summed E-state index contributed by atoms with van der Waals surface area (Å²) >= 11 is 0. The molecule has 3 aromatic heterocycles. The highest BCUT2D eigenvalue weighted by molar-refractivity contribution is 6.23. The fraction of sp³-hybridized carbons (Fsp3) is 0.388. The smallest absolute Gasteiger partial charge is 0.168 e. The van der Waals surface area contributed by atoms with E-state index in [2.05, 4.69) is 174 Å². The van der Waals surface area contributed by atoms with Crippen molar-refractivity contribution in [2.75, 3.05) is 52.9 Å². The van der Waals surface area contributed by atoms with Crippen molar-refractivity contribution in [2.24, 2.45) is 7.05 Å². The molecule has 0 radical (unpaired) electrons. The van der Waals surface area contributed by atoms with Gasteiger partial charge in [0.05, 0.1) is 96.7 Å². The Morgan fingerprint density at radius 1 is 0.277 bits per heavy atom. The Morgan fingerprint density at radius 3 is 0.802 bits per heavy atom. The molecular weight excluding hydrogens is 1260 g/mol. The number of benzene rings is 9. The lowest BCUT2D eigenvalue weighted by atomic mass is 9.95. The maximum Gasteiger partial charge on any atom is 0.168 e. The van der Waals surface area contributed by atoms with Crippen LogP contribution in [0.15, 0.2) is 109 Å². The number of aromatic amines is 1. The van der Waals surface area contributed by atoms with Crippen molar-refractivity contribution < 1.29 is 37.9 Å². The second-order valence-electron chi connectivity index (χ2n) is 26.6. The molecule has 522 valence electrons. The minimum Gasteiger partial charge on any atom is -0.492 e. The molecule has 0 aliphatic carbocycles. The lowest BCUT2D eigenvalue weighted by Crippen LogP contribution is -2.04. The summed E-state index contributed by atoms with van der Waals surface area (Å²) in [5.74, 6) is 6.56. The fourth-order valence-corrected chi connectivity index (χ4v) is 14.0. The third-order valence-corrected chi connectivity index (χ3v) is 19.4. The van der Waals surface area contributed by atoms with Gasteiger partial charge in [0, 0.05) is 50.1 Å². The normalized spacial score (nSPS) is 12.0. The topological polar surface area (TPSA) is 172 Å². The highest BCUT2D eigenvalue weighted by Gasteiger charge is 2.37. The lowest BCUT2D eigenvalue weighted by Gasteiger charge is -2.19. The van der Waals surface area contributed by atoms with Gasteiger partial charge in [0.25, 0.3) is 0 Å². The van der Waals surface area contributed by atoms with E-state index in [4.69, 9.17) is 67.8 Å². The number of aromatic nitrogens is 8. The predicted octanol–water partition coefficient (Wildman–Crippen LogP) is 22.1. The van der Waals surface area contributed by atoms with E-state index in [1.165, 1.54) is 0 Å². The van der Waals surface area contributed by atoms with E-state index >= 15 is 0 Å². The van der Waals surface area contributed by atoms with Crippen molar-refractivity contribution in [3.05, 3.63) is 109 Å². The molecule has 12 aromatic rings. The maximum atomic E-state index is 7.33. The Labute approximate surface area is 591 Å². The molecule has 2 aliphatic heterocycles. The molecule has 0 saturated carbocycles. The van der Waals surface area contributed by atoms with Gasteiger partial charge in [0.1, 0.15) is 68.6 Å². The number of rotatable bonds is 32. The minimum absolute atomic E-state index is 0.353. The summed E-state index contributed by atoms with van der Waals surface area (Å²) in [6.07, 6.45) is 13.9. The highest BCUT2D eigenvalue weighted by Crippen LogP contribution is 2.57. The van der Waals surface area contributed by atoms with Crippen LogP contribution in [0.1, 0.15) is 158 Å². The molecule has 1 N–H and O–H groups in total. The Morgan fingerprint density at radius 2 is 0.515 bits per heavy atom. The zero-order chi connectivity index (χ0) is 69.5. The van der Waals surface area contributed by atoms with Gasteiger partial charge in [-0.15, -0.1) is 0 Å². The summed E-state index contributed by atoms with van der Waals surface area (Å²) in [6, 6.07) is 38.0. The number of aryl methyl sites for hydroxylation is 1. The predicted molar refractivity (Wildman–Crippen MR) is 411 cm³/mol. The number of nitrogens with zero attached hydrogens (tertiary/aromatic N) is 7. The maximum absolute atomic E-state index is 7.33. The Balaban J connectivity index is 1.28. The number of H-pyrrole nitrogens is 1. The second-order valence-corrected chi connectivity index (χ2v) is 26.6. The molecule has 16 heteroatoms. The second kappa shape index (κ2) is 30.9. The molecule has 9 aromatic carbocycles. The number of hydrogen-bond acceptors (Lipinski definition) is 14. The first-order valence-electron chi connectivity index (χ1n) is 37.4. The summed E-state index contributed by atoms with van der Waals surface area (Å²) in [5.41, 5.74) is 4.53. The van der Waals surface area contributed by atoms with Crippen molar-refractivity contribution >= 4 is 98.0 Å². The number of nitrogens with one attached hydrogen (secondary N) is 1. The van der Waals surface area contributed by atoms with E-state index in [1.807, 2.05) is 7.05 Å². The van der Waals surface area contributed by atoms with Crippen LogP contribution < -0.4 is 37.9 Å². The van der Waals surface area contributed by atoms with E-state index in [9.17, 15) is 0 Å². The molecule has 2 aliphatic rings. The summed E-state index contributed by atoms with van der Waals surface area (Å²) < 4.78 is 60.0. The van der Waals surface area contributed by atoms with Crippen molar-refractivity contribution in [2.45, 2.75) is 158 Å². The van der Waals surface area contributed by atoms with Crippen LogP contribution in [-0.4, -0.2) is 92.3 Å². The van der Waals surface area contributed by atoms with Gasteiger partial charge in [-0.2, -0.15) is 0 Å². The molecule has 0 atom stereocenters. The van der Waals surface area contributed by atoms with Gasteiger partial charge in [-0.05, 0) is 74.3 Å². The zero-order valence-electron chi connectivity index (χ0n) is 60.3. The molecule has 14 rings (SSSR count). The van der Waals surface area contributed by atoms with Crippen LogP contribution in [0.25, 0.3) is 144 Å². The number of ether oxygens (including phenoxy) is 8. The summed E-state index contributed by atoms with van der Waals surface area (Å²) in [5, 5.41) is 11.9. The quantitative estimate of drug-likeness (QED) is 0.0312. The van der Waals surface area contributed by atoms with E-state index in [-0.39, 0.29) is 0 Å². The van der Waals surface area contributed by atoms with Gasteiger partial charge in [0.2, 0.25) is 0 Å². The number of hydrogen-bond donors (Lipinski definition) is 1. The van der Waals surface area contributed by atoms with Crippen molar-refractivity contribution in [3.8, 4) is 91.5 Å². The Kier molecular flexibility index (Phi) is 20.8. The van der Waals surface area contributed by atoms with E-state index in [0.717, 1.165) is 157 Å². The molecule has 101 heavy (non-hydrogen) atoms. The van der Waals surface area contributed by atoms with Crippen LogP contribution in [0.2, 0.25) is 0 Å². The Hall–Kier alpha value is -9.96. The van der Waals surface area contributed by atoms with Crippen LogP contribution in [-0.2, 0) is 7.05 Å². The number of unbranched alkanes of at least 4 members (excludes halogenated alkanes) is 8. The van der Waals surface area contributed by atoms with Crippen molar-refractivity contribution in [1.82, 2.24) is 39.5 Å². The lowest BCUT2D eigenvalue weighted by molar-refractivity contribution is 0.308. The van der Waals surface area contributed by atoms with Gasteiger partial charge in [-0.3, -0.25) is 0 Å². The average Bonchev–Trinajstić information content (AvgIpc) is 1.59. The minimum atomic E-state index is 0.353. The summed E-state index contributed by atoms with van der Waals surface area (Å²) in [7, 11) is 2.02. The number of fused-ring (bicyclic) bond motifs is 25.